The van der Waals surface area contributed by atoms with Gasteiger partial charge in [-0.3, -0.25) is 9.82 Å². The molecule has 0 N–H and O–H groups in total. The summed E-state index contributed by atoms with van der Waals surface area (Å²) < 4.78 is 0. The normalized spacial score (nSPS) is 10.3. The van der Waals surface area contributed by atoms with Crippen LogP contribution in [-0.4, -0.2) is 11.1 Å². The molecule has 20 heavy (non-hydrogen) atoms. The maximum atomic E-state index is 9.25. The molecule has 0 fully saturated rings. The Morgan fingerprint density at radius 1 is 1.20 bits per heavy atom. The highest BCUT2D eigenvalue weighted by atomic mass is 16.7. The standard InChI is InChI=1S/C16H17N3O/c1-12(2)20-19(15-7-5-4-6-13(15)3)16-8-9-18-11-14(16)10-17/h4-9,11-12H,1-3H3. The molecule has 1 heterocycles. The van der Waals surface area contributed by atoms with Crippen LogP contribution in [0.3, 0.4) is 0 Å². The van der Waals surface area contributed by atoms with E-state index in [4.69, 9.17) is 4.84 Å². The first-order valence-corrected chi connectivity index (χ1v) is 6.50. The Morgan fingerprint density at radius 2 is 1.95 bits per heavy atom. The summed E-state index contributed by atoms with van der Waals surface area (Å²) in [5.74, 6) is 0. The predicted molar refractivity (Wildman–Crippen MR) is 78.5 cm³/mol. The summed E-state index contributed by atoms with van der Waals surface area (Å²) >= 11 is 0. The van der Waals surface area contributed by atoms with Crippen molar-refractivity contribution in [3.05, 3.63) is 53.9 Å². The Labute approximate surface area is 119 Å². The number of benzene rings is 1. The number of hydrogen-bond acceptors (Lipinski definition) is 4. The monoisotopic (exact) mass is 267 g/mol. The van der Waals surface area contributed by atoms with Crippen LogP contribution in [0.5, 0.6) is 0 Å². The van der Waals surface area contributed by atoms with Gasteiger partial charge in [-0.05, 0) is 38.5 Å². The zero-order chi connectivity index (χ0) is 14.5. The van der Waals surface area contributed by atoms with Crippen molar-refractivity contribution in [1.82, 2.24) is 4.98 Å². The van der Waals surface area contributed by atoms with E-state index in [1.54, 1.807) is 23.5 Å². The molecule has 1 aromatic heterocycles. The number of pyridine rings is 1. The number of nitriles is 1. The predicted octanol–water partition coefficient (Wildman–Crippen LogP) is 3.74. The van der Waals surface area contributed by atoms with Gasteiger partial charge in [0.05, 0.1) is 23.0 Å². The van der Waals surface area contributed by atoms with E-state index in [-0.39, 0.29) is 6.10 Å². The summed E-state index contributed by atoms with van der Waals surface area (Å²) in [6.45, 7) is 5.93. The van der Waals surface area contributed by atoms with Crippen LogP contribution in [0.1, 0.15) is 25.0 Å². The Bertz CT molecular complexity index is 632. The molecule has 102 valence electrons. The highest BCUT2D eigenvalue weighted by Gasteiger charge is 2.17. The molecule has 0 aliphatic heterocycles. The average molecular weight is 267 g/mol. The largest absolute Gasteiger partial charge is 0.266 e. The average Bonchev–Trinajstić information content (AvgIpc) is 2.45. The molecule has 1 aromatic carbocycles. The Morgan fingerprint density at radius 3 is 2.60 bits per heavy atom. The molecule has 0 unspecified atom stereocenters. The second-order valence-corrected chi connectivity index (χ2v) is 4.74. The molecule has 2 aromatic rings. The van der Waals surface area contributed by atoms with Crippen molar-refractivity contribution in [3.63, 3.8) is 0 Å². The molecule has 4 heteroatoms. The minimum atomic E-state index is -0.00526. The Hall–Kier alpha value is -2.38. The molecule has 0 spiro atoms. The number of aryl methyl sites for hydroxylation is 1. The molecular formula is C16H17N3O. The highest BCUT2D eigenvalue weighted by molar-refractivity contribution is 5.68. The fourth-order valence-electron chi connectivity index (χ4n) is 1.90. The summed E-state index contributed by atoms with van der Waals surface area (Å²) in [4.78, 5) is 9.89. The zero-order valence-corrected chi connectivity index (χ0v) is 11.9. The van der Waals surface area contributed by atoms with Crippen molar-refractivity contribution in [2.45, 2.75) is 26.9 Å². The van der Waals surface area contributed by atoms with Crippen LogP contribution in [0.15, 0.2) is 42.7 Å². The quantitative estimate of drug-likeness (QED) is 0.792. The second-order valence-electron chi connectivity index (χ2n) is 4.74. The number of para-hydroxylation sites is 1. The second kappa shape index (κ2) is 6.18. The van der Waals surface area contributed by atoms with Gasteiger partial charge in [0.1, 0.15) is 6.07 Å². The van der Waals surface area contributed by atoms with Gasteiger partial charge in [-0.1, -0.05) is 18.2 Å². The summed E-state index contributed by atoms with van der Waals surface area (Å²) in [6.07, 6.45) is 3.20. The number of aromatic nitrogens is 1. The van der Waals surface area contributed by atoms with Gasteiger partial charge in [0.2, 0.25) is 0 Å². The van der Waals surface area contributed by atoms with Gasteiger partial charge in [-0.25, -0.2) is 5.06 Å². The van der Waals surface area contributed by atoms with E-state index in [2.05, 4.69) is 11.1 Å². The van der Waals surface area contributed by atoms with E-state index in [0.29, 0.717) is 11.3 Å². The molecule has 0 bridgehead atoms. The minimum absolute atomic E-state index is 0.00526. The maximum absolute atomic E-state index is 9.25. The fourth-order valence-corrected chi connectivity index (χ4v) is 1.90. The first kappa shape index (κ1) is 14.0. The number of rotatable bonds is 4. The minimum Gasteiger partial charge on any atom is -0.266 e. The Balaban J connectivity index is 2.54. The lowest BCUT2D eigenvalue weighted by Crippen LogP contribution is -2.23. The lowest BCUT2D eigenvalue weighted by Gasteiger charge is -2.27. The molecule has 0 amide bonds. The van der Waals surface area contributed by atoms with E-state index in [9.17, 15) is 5.26 Å². The van der Waals surface area contributed by atoms with E-state index in [1.807, 2.05) is 45.0 Å². The number of nitrogens with zero attached hydrogens (tertiary/aromatic N) is 3. The van der Waals surface area contributed by atoms with Gasteiger partial charge in [-0.2, -0.15) is 5.26 Å². The van der Waals surface area contributed by atoms with Crippen molar-refractivity contribution >= 4 is 11.4 Å². The van der Waals surface area contributed by atoms with Gasteiger partial charge in [-0.15, -0.1) is 0 Å². The Kier molecular flexibility index (Phi) is 4.34. The molecule has 4 nitrogen and oxygen atoms in total. The van der Waals surface area contributed by atoms with Crippen LogP contribution >= 0.6 is 0 Å². The molecular weight excluding hydrogens is 250 g/mol. The first-order chi connectivity index (χ1) is 9.63. The molecule has 0 aliphatic rings. The number of anilines is 2. The van der Waals surface area contributed by atoms with Crippen LogP contribution in [0.25, 0.3) is 0 Å². The van der Waals surface area contributed by atoms with E-state index in [1.165, 1.54) is 0 Å². The van der Waals surface area contributed by atoms with Gasteiger partial charge < -0.3 is 0 Å². The fraction of sp³-hybridized carbons (Fsp3) is 0.250. The number of hydrogen-bond donors (Lipinski definition) is 0. The van der Waals surface area contributed by atoms with Crippen molar-refractivity contribution in [2.24, 2.45) is 0 Å². The van der Waals surface area contributed by atoms with Crippen LogP contribution in [-0.2, 0) is 4.84 Å². The zero-order valence-electron chi connectivity index (χ0n) is 11.9. The lowest BCUT2D eigenvalue weighted by molar-refractivity contribution is 0.0791. The van der Waals surface area contributed by atoms with Crippen molar-refractivity contribution in [3.8, 4) is 6.07 Å². The van der Waals surface area contributed by atoms with Gasteiger partial charge >= 0.3 is 0 Å². The van der Waals surface area contributed by atoms with E-state index < -0.39 is 0 Å². The van der Waals surface area contributed by atoms with Crippen molar-refractivity contribution < 1.29 is 4.84 Å². The molecule has 0 aliphatic carbocycles. The summed E-state index contributed by atoms with van der Waals surface area (Å²) in [7, 11) is 0. The third-order valence-corrected chi connectivity index (χ3v) is 2.79. The van der Waals surface area contributed by atoms with Crippen molar-refractivity contribution in [2.75, 3.05) is 5.06 Å². The smallest absolute Gasteiger partial charge is 0.103 e. The highest BCUT2D eigenvalue weighted by Crippen LogP contribution is 2.31. The van der Waals surface area contributed by atoms with E-state index in [0.717, 1.165) is 11.3 Å². The summed E-state index contributed by atoms with van der Waals surface area (Å²) in [5, 5.41) is 11.0. The third-order valence-electron chi connectivity index (χ3n) is 2.79. The SMILES string of the molecule is Cc1ccccc1N(OC(C)C)c1ccncc1C#N. The van der Waals surface area contributed by atoms with Crippen LogP contribution in [0.4, 0.5) is 11.4 Å². The molecule has 0 saturated carbocycles. The molecule has 0 atom stereocenters. The topological polar surface area (TPSA) is 49.1 Å². The van der Waals surface area contributed by atoms with Gasteiger partial charge in [0.15, 0.2) is 0 Å². The maximum Gasteiger partial charge on any atom is 0.103 e. The van der Waals surface area contributed by atoms with Crippen LogP contribution < -0.4 is 5.06 Å². The van der Waals surface area contributed by atoms with Crippen molar-refractivity contribution in [1.29, 1.82) is 5.26 Å². The first-order valence-electron chi connectivity index (χ1n) is 6.50. The lowest BCUT2D eigenvalue weighted by atomic mass is 10.1. The molecule has 2 rings (SSSR count). The van der Waals surface area contributed by atoms with E-state index >= 15 is 0 Å². The van der Waals surface area contributed by atoms with Crippen LogP contribution in [0, 0.1) is 18.3 Å². The molecule has 0 saturated heterocycles. The summed E-state index contributed by atoms with van der Waals surface area (Å²) in [5.41, 5.74) is 3.18. The summed E-state index contributed by atoms with van der Waals surface area (Å²) in [6, 6.07) is 11.9. The van der Waals surface area contributed by atoms with Crippen LogP contribution in [0.2, 0.25) is 0 Å². The third kappa shape index (κ3) is 2.95. The van der Waals surface area contributed by atoms with Gasteiger partial charge in [0.25, 0.3) is 0 Å². The molecule has 0 radical (unpaired) electrons. The van der Waals surface area contributed by atoms with Gasteiger partial charge in [0, 0.05) is 12.4 Å².